The molecule has 3 rings (SSSR count). The number of likely N-dealkylation sites (N-methyl/N-ethyl adjacent to an activating group) is 1. The van der Waals surface area contributed by atoms with Crippen LogP contribution in [0.4, 0.5) is 0 Å². The fraction of sp³-hybridized carbons (Fsp3) is 0.933. The predicted octanol–water partition coefficient (Wildman–Crippen LogP) is 1.07. The number of nitrogens with one attached hydrogen (secondary N) is 1. The van der Waals surface area contributed by atoms with E-state index in [2.05, 4.69) is 10.2 Å². The van der Waals surface area contributed by atoms with Gasteiger partial charge in [-0.15, -0.1) is 0 Å². The van der Waals surface area contributed by atoms with Crippen molar-refractivity contribution in [3.8, 4) is 0 Å². The molecule has 2 saturated carbocycles. The van der Waals surface area contributed by atoms with E-state index in [9.17, 15) is 4.79 Å². The zero-order chi connectivity index (χ0) is 13.2. The predicted molar refractivity (Wildman–Crippen MR) is 76.0 cm³/mol. The molecule has 3 fully saturated rings. The first-order valence-electron chi connectivity index (χ1n) is 7.94. The van der Waals surface area contributed by atoms with Gasteiger partial charge in [-0.05, 0) is 51.0 Å². The summed E-state index contributed by atoms with van der Waals surface area (Å²) in [6, 6.07) is 1.23. The monoisotopic (exact) mass is 265 g/mol. The summed E-state index contributed by atoms with van der Waals surface area (Å²) in [5.41, 5.74) is 0. The molecule has 0 aromatic carbocycles. The summed E-state index contributed by atoms with van der Waals surface area (Å²) in [4.78, 5) is 16.4. The summed E-state index contributed by atoms with van der Waals surface area (Å²) >= 11 is 0. The molecule has 1 aliphatic heterocycles. The number of rotatable bonds is 6. The van der Waals surface area contributed by atoms with Gasteiger partial charge < -0.3 is 10.2 Å². The summed E-state index contributed by atoms with van der Waals surface area (Å²) in [5, 5.41) is 3.69. The first-order valence-corrected chi connectivity index (χ1v) is 7.94. The largest absolute Gasteiger partial charge is 0.342 e. The van der Waals surface area contributed by atoms with Gasteiger partial charge in [-0.2, -0.15) is 0 Å². The van der Waals surface area contributed by atoms with Crippen LogP contribution in [-0.4, -0.2) is 61.0 Å². The van der Waals surface area contributed by atoms with Gasteiger partial charge >= 0.3 is 0 Å². The summed E-state index contributed by atoms with van der Waals surface area (Å²) in [6.45, 7) is 4.00. The minimum absolute atomic E-state index is 0.312. The van der Waals surface area contributed by atoms with Crippen molar-refractivity contribution >= 4 is 5.91 Å². The van der Waals surface area contributed by atoms with Gasteiger partial charge in [0.1, 0.15) is 0 Å². The zero-order valence-electron chi connectivity index (χ0n) is 12.1. The molecule has 0 bridgehead atoms. The Labute approximate surface area is 116 Å². The fourth-order valence-electron chi connectivity index (χ4n) is 2.92. The number of carbonyl (C=O) groups excluding carboxylic acids is 1. The molecule has 2 aliphatic carbocycles. The third-order valence-corrected chi connectivity index (χ3v) is 4.83. The van der Waals surface area contributed by atoms with Crippen molar-refractivity contribution in [2.75, 3.05) is 33.2 Å². The van der Waals surface area contributed by atoms with Crippen LogP contribution in [-0.2, 0) is 4.79 Å². The van der Waals surface area contributed by atoms with E-state index < -0.39 is 0 Å². The van der Waals surface area contributed by atoms with Crippen molar-refractivity contribution in [3.05, 3.63) is 0 Å². The molecule has 0 spiro atoms. The highest BCUT2D eigenvalue weighted by Crippen LogP contribution is 2.28. The van der Waals surface area contributed by atoms with Gasteiger partial charge in [0.2, 0.25) is 5.91 Å². The lowest BCUT2D eigenvalue weighted by molar-refractivity contribution is -0.131. The Morgan fingerprint density at radius 1 is 1.16 bits per heavy atom. The highest BCUT2D eigenvalue weighted by atomic mass is 16.2. The molecule has 19 heavy (non-hydrogen) atoms. The first-order chi connectivity index (χ1) is 9.22. The smallest absolute Gasteiger partial charge is 0.236 e. The third kappa shape index (κ3) is 3.93. The second kappa shape index (κ2) is 5.80. The second-order valence-corrected chi connectivity index (χ2v) is 6.64. The maximum Gasteiger partial charge on any atom is 0.236 e. The first kappa shape index (κ1) is 13.4. The Balaban J connectivity index is 1.33. The molecule has 4 nitrogen and oxygen atoms in total. The number of carbonyl (C=O) groups is 1. The SMILES string of the molecule is CN(C(=O)CN1CCC(NCC2CC2)CC1)C1CC1. The lowest BCUT2D eigenvalue weighted by atomic mass is 10.0. The summed E-state index contributed by atoms with van der Waals surface area (Å²) in [6.07, 6.45) is 7.66. The molecule has 0 aromatic heterocycles. The fourth-order valence-corrected chi connectivity index (χ4v) is 2.92. The van der Waals surface area contributed by atoms with Crippen LogP contribution in [0.1, 0.15) is 38.5 Å². The number of amides is 1. The van der Waals surface area contributed by atoms with Gasteiger partial charge in [0.15, 0.2) is 0 Å². The van der Waals surface area contributed by atoms with Crippen molar-refractivity contribution in [2.45, 2.75) is 50.6 Å². The maximum absolute atomic E-state index is 12.1. The zero-order valence-corrected chi connectivity index (χ0v) is 12.1. The normalized spacial score (nSPS) is 25.5. The molecular weight excluding hydrogens is 238 g/mol. The second-order valence-electron chi connectivity index (χ2n) is 6.64. The van der Waals surface area contributed by atoms with Crippen molar-refractivity contribution < 1.29 is 4.79 Å². The molecule has 1 saturated heterocycles. The van der Waals surface area contributed by atoms with E-state index in [4.69, 9.17) is 0 Å². The van der Waals surface area contributed by atoms with Crippen molar-refractivity contribution in [2.24, 2.45) is 5.92 Å². The van der Waals surface area contributed by atoms with E-state index in [0.29, 0.717) is 24.5 Å². The summed E-state index contributed by atoms with van der Waals surface area (Å²) < 4.78 is 0. The number of hydrogen-bond acceptors (Lipinski definition) is 3. The summed E-state index contributed by atoms with van der Waals surface area (Å²) in [7, 11) is 1.96. The van der Waals surface area contributed by atoms with Crippen LogP contribution in [0.5, 0.6) is 0 Å². The maximum atomic E-state index is 12.1. The molecule has 1 N–H and O–H groups in total. The van der Waals surface area contributed by atoms with Gasteiger partial charge in [0.25, 0.3) is 0 Å². The van der Waals surface area contributed by atoms with Gasteiger partial charge in [-0.25, -0.2) is 0 Å². The third-order valence-electron chi connectivity index (χ3n) is 4.83. The topological polar surface area (TPSA) is 35.6 Å². The van der Waals surface area contributed by atoms with Gasteiger partial charge in [-0.3, -0.25) is 9.69 Å². The van der Waals surface area contributed by atoms with E-state index in [-0.39, 0.29) is 0 Å². The molecule has 0 unspecified atom stereocenters. The van der Waals surface area contributed by atoms with Crippen molar-refractivity contribution in [3.63, 3.8) is 0 Å². The van der Waals surface area contributed by atoms with E-state index >= 15 is 0 Å². The molecule has 0 atom stereocenters. The Bertz CT molecular complexity index is 317. The van der Waals surface area contributed by atoms with Crippen molar-refractivity contribution in [1.29, 1.82) is 0 Å². The minimum atomic E-state index is 0.312. The van der Waals surface area contributed by atoms with Gasteiger partial charge in [0.05, 0.1) is 6.54 Å². The average molecular weight is 265 g/mol. The van der Waals surface area contributed by atoms with Crippen LogP contribution in [0.15, 0.2) is 0 Å². The number of nitrogens with zero attached hydrogens (tertiary/aromatic N) is 2. The Morgan fingerprint density at radius 2 is 1.84 bits per heavy atom. The number of piperidine rings is 1. The standard InChI is InChI=1S/C15H27N3O/c1-17(14-4-5-14)15(19)11-18-8-6-13(7-9-18)16-10-12-2-3-12/h12-14,16H,2-11H2,1H3. The van der Waals surface area contributed by atoms with E-state index in [1.165, 1.54) is 45.1 Å². The molecular formula is C15H27N3O. The minimum Gasteiger partial charge on any atom is -0.342 e. The molecule has 4 heteroatoms. The van der Waals surface area contributed by atoms with Gasteiger partial charge in [0, 0.05) is 32.2 Å². The van der Waals surface area contributed by atoms with Crippen LogP contribution >= 0.6 is 0 Å². The lowest BCUT2D eigenvalue weighted by Crippen LogP contribution is -2.47. The molecule has 0 radical (unpaired) electrons. The molecule has 0 aromatic rings. The van der Waals surface area contributed by atoms with E-state index in [1.54, 1.807) is 0 Å². The quantitative estimate of drug-likeness (QED) is 0.780. The van der Waals surface area contributed by atoms with Crippen LogP contribution in [0.25, 0.3) is 0 Å². The Kier molecular flexibility index (Phi) is 4.08. The average Bonchev–Trinajstić information content (AvgIpc) is 3.30. The van der Waals surface area contributed by atoms with Crippen LogP contribution < -0.4 is 5.32 Å². The van der Waals surface area contributed by atoms with Crippen LogP contribution in [0, 0.1) is 5.92 Å². The van der Waals surface area contributed by atoms with Crippen LogP contribution in [0.3, 0.4) is 0 Å². The number of hydrogen-bond donors (Lipinski definition) is 1. The van der Waals surface area contributed by atoms with Crippen LogP contribution in [0.2, 0.25) is 0 Å². The molecule has 1 amide bonds. The molecule has 108 valence electrons. The highest BCUT2D eigenvalue weighted by molar-refractivity contribution is 5.78. The van der Waals surface area contributed by atoms with Crippen molar-refractivity contribution in [1.82, 2.24) is 15.1 Å². The highest BCUT2D eigenvalue weighted by Gasteiger charge is 2.31. The Hall–Kier alpha value is -0.610. The lowest BCUT2D eigenvalue weighted by Gasteiger charge is -2.33. The van der Waals surface area contributed by atoms with E-state index in [1.807, 2.05) is 11.9 Å². The number of likely N-dealkylation sites (tertiary alicyclic amines) is 1. The molecule has 1 heterocycles. The Morgan fingerprint density at radius 3 is 2.42 bits per heavy atom. The summed E-state index contributed by atoms with van der Waals surface area (Å²) in [5.74, 6) is 1.28. The van der Waals surface area contributed by atoms with Gasteiger partial charge in [-0.1, -0.05) is 0 Å². The molecule has 3 aliphatic rings. The van der Waals surface area contributed by atoms with E-state index in [0.717, 1.165) is 19.0 Å².